The fourth-order valence-electron chi connectivity index (χ4n) is 2.59. The van der Waals surface area contributed by atoms with Crippen LogP contribution in [0.1, 0.15) is 24.9 Å². The first kappa shape index (κ1) is 18.6. The summed E-state index contributed by atoms with van der Waals surface area (Å²) in [5.74, 6) is -0.248. The number of aryl methyl sites for hydroxylation is 1. The summed E-state index contributed by atoms with van der Waals surface area (Å²) in [4.78, 5) is 26.3. The van der Waals surface area contributed by atoms with Gasteiger partial charge in [0.05, 0.1) is 4.88 Å². The summed E-state index contributed by atoms with van der Waals surface area (Å²) in [7, 11) is 0. The fraction of sp³-hybridized carbons (Fsp3) is 0.0476. The summed E-state index contributed by atoms with van der Waals surface area (Å²) in [6, 6.07) is 19.5. The lowest BCUT2D eigenvalue weighted by molar-refractivity contribution is 0.101. The second-order valence-corrected chi connectivity index (χ2v) is 7.46. The lowest BCUT2D eigenvalue weighted by Crippen LogP contribution is -2.13. The van der Waals surface area contributed by atoms with Gasteiger partial charge in [0.1, 0.15) is 0 Å². The van der Waals surface area contributed by atoms with E-state index in [2.05, 4.69) is 20.8 Å². The number of nitrogens with one attached hydrogen (secondary N) is 2. The molecule has 2 N–H and O–H groups in total. The second kappa shape index (κ2) is 8.07. The van der Waals surface area contributed by atoms with Gasteiger partial charge < -0.3 is 9.73 Å². The molecular weight excluding hydrogens is 388 g/mol. The van der Waals surface area contributed by atoms with Crippen LogP contribution in [0, 0.1) is 6.92 Å². The molecule has 2 amide bonds. The molecule has 0 aliphatic heterocycles. The first-order chi connectivity index (χ1) is 14.1. The van der Waals surface area contributed by atoms with E-state index in [9.17, 15) is 9.59 Å². The minimum atomic E-state index is -0.389. The molecule has 0 radical (unpaired) electrons. The van der Waals surface area contributed by atoms with Crippen LogP contribution in [0.5, 0.6) is 0 Å². The van der Waals surface area contributed by atoms with E-state index in [1.165, 1.54) is 11.3 Å². The van der Waals surface area contributed by atoms with E-state index in [1.54, 1.807) is 30.3 Å². The first-order valence-corrected chi connectivity index (χ1v) is 9.58. The highest BCUT2D eigenvalue weighted by Gasteiger charge is 2.13. The Balaban J connectivity index is 1.39. The van der Waals surface area contributed by atoms with Gasteiger partial charge in [-0.2, -0.15) is 0 Å². The van der Waals surface area contributed by atoms with E-state index in [0.717, 1.165) is 10.4 Å². The van der Waals surface area contributed by atoms with Gasteiger partial charge in [0.15, 0.2) is 0 Å². The Labute approximate surface area is 170 Å². The van der Waals surface area contributed by atoms with Crippen LogP contribution in [0.4, 0.5) is 11.7 Å². The normalized spacial score (nSPS) is 10.5. The number of hydrogen-bond donors (Lipinski definition) is 2. The molecule has 0 saturated carbocycles. The molecule has 4 aromatic rings. The Morgan fingerprint density at radius 1 is 0.862 bits per heavy atom. The van der Waals surface area contributed by atoms with Crippen molar-refractivity contribution in [1.82, 2.24) is 10.2 Å². The molecule has 2 aromatic carbocycles. The van der Waals surface area contributed by atoms with E-state index in [0.29, 0.717) is 22.0 Å². The van der Waals surface area contributed by atoms with Crippen molar-refractivity contribution in [3.8, 4) is 11.5 Å². The Kier molecular flexibility index (Phi) is 5.17. The van der Waals surface area contributed by atoms with Gasteiger partial charge in [-0.3, -0.25) is 14.9 Å². The zero-order chi connectivity index (χ0) is 20.2. The summed E-state index contributed by atoms with van der Waals surface area (Å²) in [6.07, 6.45) is 0. The molecule has 0 unspecified atom stereocenters. The molecule has 0 spiro atoms. The van der Waals surface area contributed by atoms with Gasteiger partial charge in [-0.1, -0.05) is 23.3 Å². The highest BCUT2D eigenvalue weighted by molar-refractivity contribution is 7.14. The third kappa shape index (κ3) is 4.39. The van der Waals surface area contributed by atoms with Crippen LogP contribution >= 0.6 is 11.3 Å². The number of hydrogen-bond acceptors (Lipinski definition) is 6. The van der Waals surface area contributed by atoms with Crippen LogP contribution in [-0.4, -0.2) is 22.0 Å². The number of nitrogens with zero attached hydrogens (tertiary/aromatic N) is 2. The predicted molar refractivity (Wildman–Crippen MR) is 111 cm³/mol. The molecule has 0 bridgehead atoms. The second-order valence-electron chi connectivity index (χ2n) is 6.17. The zero-order valence-corrected chi connectivity index (χ0v) is 16.2. The summed E-state index contributed by atoms with van der Waals surface area (Å²) < 4.78 is 5.48. The molecule has 2 heterocycles. The third-order valence-electron chi connectivity index (χ3n) is 4.04. The number of carbonyl (C=O) groups is 2. The van der Waals surface area contributed by atoms with Crippen molar-refractivity contribution in [2.24, 2.45) is 0 Å². The van der Waals surface area contributed by atoms with E-state index in [1.807, 2.05) is 43.3 Å². The van der Waals surface area contributed by atoms with Gasteiger partial charge in [0.2, 0.25) is 5.89 Å². The number of rotatable bonds is 5. The van der Waals surface area contributed by atoms with Crippen molar-refractivity contribution in [3.05, 3.63) is 82.0 Å². The van der Waals surface area contributed by atoms with Crippen LogP contribution < -0.4 is 10.6 Å². The number of carbonyl (C=O) groups excluding carboxylic acids is 2. The minimum absolute atomic E-state index is 0.0132. The summed E-state index contributed by atoms with van der Waals surface area (Å²) in [6.45, 7) is 1.95. The van der Waals surface area contributed by atoms with Gasteiger partial charge in [-0.15, -0.1) is 16.4 Å². The van der Waals surface area contributed by atoms with Crippen molar-refractivity contribution in [2.75, 3.05) is 10.6 Å². The van der Waals surface area contributed by atoms with Crippen LogP contribution in [0.2, 0.25) is 0 Å². The van der Waals surface area contributed by atoms with Crippen molar-refractivity contribution >= 4 is 34.9 Å². The number of thiophene rings is 1. The van der Waals surface area contributed by atoms with E-state index in [4.69, 9.17) is 4.42 Å². The molecule has 0 fully saturated rings. The average molecular weight is 404 g/mol. The Bertz CT molecular complexity index is 1150. The average Bonchev–Trinajstić information content (AvgIpc) is 3.38. The molecule has 29 heavy (non-hydrogen) atoms. The molecule has 2 aromatic heterocycles. The summed E-state index contributed by atoms with van der Waals surface area (Å²) in [5.41, 5.74) is 1.76. The predicted octanol–water partition coefficient (Wildman–Crippen LogP) is 4.61. The quantitative estimate of drug-likeness (QED) is 0.506. The van der Waals surface area contributed by atoms with Gasteiger partial charge in [-0.05, 0) is 55.5 Å². The number of amides is 2. The number of aromatic nitrogens is 2. The van der Waals surface area contributed by atoms with Crippen molar-refractivity contribution in [2.45, 2.75) is 6.92 Å². The molecule has 4 rings (SSSR count). The fourth-order valence-corrected chi connectivity index (χ4v) is 3.36. The van der Waals surface area contributed by atoms with Crippen LogP contribution in [-0.2, 0) is 0 Å². The Morgan fingerprint density at radius 2 is 1.62 bits per heavy atom. The minimum Gasteiger partial charge on any atom is -0.403 e. The van der Waals surface area contributed by atoms with Crippen LogP contribution in [0.15, 0.2) is 71.1 Å². The van der Waals surface area contributed by atoms with Crippen molar-refractivity contribution in [3.63, 3.8) is 0 Å². The van der Waals surface area contributed by atoms with E-state index in [-0.39, 0.29) is 17.8 Å². The summed E-state index contributed by atoms with van der Waals surface area (Å²) >= 11 is 1.43. The maximum atomic E-state index is 12.4. The SMILES string of the molecule is Cc1ccc(C(=O)Nc2ccc(C(=O)Nc3nnc(-c4ccccc4)o3)cc2)s1. The summed E-state index contributed by atoms with van der Waals surface area (Å²) in [5, 5.41) is 13.2. The van der Waals surface area contributed by atoms with Gasteiger partial charge in [0, 0.05) is 21.7 Å². The third-order valence-corrected chi connectivity index (χ3v) is 5.03. The molecule has 0 atom stereocenters. The van der Waals surface area contributed by atoms with Gasteiger partial charge in [0.25, 0.3) is 11.8 Å². The molecule has 0 aliphatic rings. The lowest BCUT2D eigenvalue weighted by atomic mass is 10.2. The van der Waals surface area contributed by atoms with Gasteiger partial charge in [-0.25, -0.2) is 0 Å². The van der Waals surface area contributed by atoms with Crippen LogP contribution in [0.25, 0.3) is 11.5 Å². The molecule has 8 heteroatoms. The molecule has 7 nitrogen and oxygen atoms in total. The Morgan fingerprint density at radius 3 is 2.31 bits per heavy atom. The Hall–Kier alpha value is -3.78. The number of anilines is 2. The van der Waals surface area contributed by atoms with Crippen molar-refractivity contribution in [1.29, 1.82) is 0 Å². The standard InChI is InChI=1S/C21H16N4O3S/c1-13-7-12-17(29-13)19(27)22-16-10-8-14(9-11-16)18(26)23-21-25-24-20(28-21)15-5-3-2-4-6-15/h2-12H,1H3,(H,22,27)(H,23,25,26). The maximum Gasteiger partial charge on any atom is 0.322 e. The van der Waals surface area contributed by atoms with Gasteiger partial charge >= 0.3 is 6.01 Å². The maximum absolute atomic E-state index is 12.4. The van der Waals surface area contributed by atoms with E-state index >= 15 is 0 Å². The smallest absolute Gasteiger partial charge is 0.322 e. The van der Waals surface area contributed by atoms with E-state index < -0.39 is 0 Å². The highest BCUT2D eigenvalue weighted by Crippen LogP contribution is 2.20. The lowest BCUT2D eigenvalue weighted by Gasteiger charge is -2.05. The first-order valence-electron chi connectivity index (χ1n) is 8.76. The molecule has 0 aliphatic carbocycles. The largest absolute Gasteiger partial charge is 0.403 e. The molecular formula is C21H16N4O3S. The highest BCUT2D eigenvalue weighted by atomic mass is 32.1. The molecule has 144 valence electrons. The topological polar surface area (TPSA) is 97.1 Å². The van der Waals surface area contributed by atoms with Crippen LogP contribution in [0.3, 0.4) is 0 Å². The molecule has 0 saturated heterocycles. The zero-order valence-electron chi connectivity index (χ0n) is 15.4. The number of benzene rings is 2. The monoisotopic (exact) mass is 404 g/mol. The van der Waals surface area contributed by atoms with Crippen molar-refractivity contribution < 1.29 is 14.0 Å².